The van der Waals surface area contributed by atoms with Crippen LogP contribution in [0.4, 0.5) is 13.2 Å². The summed E-state index contributed by atoms with van der Waals surface area (Å²) in [5.74, 6) is -0.667. The minimum atomic E-state index is -4.45. The monoisotopic (exact) mass is 346 g/mol. The van der Waals surface area contributed by atoms with Crippen molar-refractivity contribution in [2.75, 3.05) is 13.2 Å². The van der Waals surface area contributed by atoms with Gasteiger partial charge in [0.05, 0.1) is 6.10 Å². The molecule has 1 aromatic heterocycles. The van der Waals surface area contributed by atoms with Crippen LogP contribution in [0, 0.1) is 0 Å². The van der Waals surface area contributed by atoms with Crippen LogP contribution in [0.3, 0.4) is 0 Å². The molecule has 2 unspecified atom stereocenters. The van der Waals surface area contributed by atoms with Crippen LogP contribution >= 0.6 is 0 Å². The van der Waals surface area contributed by atoms with Gasteiger partial charge >= 0.3 is 6.18 Å². The molecule has 1 aliphatic rings. The quantitative estimate of drug-likeness (QED) is 0.824. The zero-order chi connectivity index (χ0) is 17.6. The Bertz CT molecular complexity index is 546. The topological polar surface area (TPSA) is 60.5 Å². The maximum absolute atomic E-state index is 12.1. The molecule has 0 aliphatic carbocycles. The molecule has 0 bridgehead atoms. The average Bonchev–Trinajstić information content (AvgIpc) is 3.04. The Labute approximate surface area is 138 Å². The fraction of sp³-hybridized carbons (Fsp3) is 0.625. The number of hydrogen-bond donors (Lipinski definition) is 1. The molecule has 1 aliphatic heterocycles. The zero-order valence-electron chi connectivity index (χ0n) is 13.4. The van der Waals surface area contributed by atoms with Gasteiger partial charge in [-0.2, -0.15) is 13.2 Å². The molecule has 2 rings (SSSR count). The van der Waals surface area contributed by atoms with Crippen molar-refractivity contribution in [3.8, 4) is 5.88 Å². The lowest BCUT2D eigenvalue weighted by Gasteiger charge is -2.16. The number of alkyl halides is 3. The summed E-state index contributed by atoms with van der Waals surface area (Å²) in [7, 11) is 0. The number of ether oxygens (including phenoxy) is 2. The van der Waals surface area contributed by atoms with Crippen LogP contribution in [0.15, 0.2) is 18.2 Å². The second kappa shape index (κ2) is 8.32. The second-order valence-corrected chi connectivity index (χ2v) is 5.85. The van der Waals surface area contributed by atoms with Gasteiger partial charge in [-0.3, -0.25) is 4.79 Å². The first-order valence-electron chi connectivity index (χ1n) is 7.92. The van der Waals surface area contributed by atoms with Crippen LogP contribution in [0.1, 0.15) is 43.1 Å². The van der Waals surface area contributed by atoms with Crippen molar-refractivity contribution in [3.05, 3.63) is 23.9 Å². The highest BCUT2D eigenvalue weighted by atomic mass is 19.4. The van der Waals surface area contributed by atoms with E-state index in [1.54, 1.807) is 0 Å². The molecule has 1 fully saturated rings. The molecule has 2 heterocycles. The number of hydrogen-bond acceptors (Lipinski definition) is 4. The van der Waals surface area contributed by atoms with Gasteiger partial charge in [0.2, 0.25) is 5.88 Å². The Kier molecular flexibility index (Phi) is 6.42. The second-order valence-electron chi connectivity index (χ2n) is 5.85. The maximum atomic E-state index is 12.1. The molecule has 24 heavy (non-hydrogen) atoms. The fourth-order valence-electron chi connectivity index (χ4n) is 2.46. The maximum Gasteiger partial charge on any atom is 0.422 e. The number of carbonyl (C=O) groups excluding carboxylic acids is 1. The average molecular weight is 346 g/mol. The SMILES string of the molecule is CC(CCC1CCCO1)NC(=O)c1cccc(OCC(F)(F)F)n1. The number of pyridine rings is 1. The van der Waals surface area contributed by atoms with Crippen LogP contribution in [0.25, 0.3) is 0 Å². The van der Waals surface area contributed by atoms with Gasteiger partial charge in [-0.15, -0.1) is 0 Å². The molecule has 5 nitrogen and oxygen atoms in total. The number of carbonyl (C=O) groups is 1. The Morgan fingerprint density at radius 1 is 1.50 bits per heavy atom. The Morgan fingerprint density at radius 2 is 2.29 bits per heavy atom. The van der Waals surface area contributed by atoms with E-state index in [4.69, 9.17) is 4.74 Å². The van der Waals surface area contributed by atoms with E-state index in [1.807, 2.05) is 6.92 Å². The van der Waals surface area contributed by atoms with Crippen LogP contribution in [-0.2, 0) is 4.74 Å². The van der Waals surface area contributed by atoms with Crippen LogP contribution in [0.2, 0.25) is 0 Å². The number of amides is 1. The van der Waals surface area contributed by atoms with Crippen molar-refractivity contribution in [2.45, 2.75) is 50.9 Å². The smallest absolute Gasteiger partial charge is 0.422 e. The summed E-state index contributed by atoms with van der Waals surface area (Å²) in [4.78, 5) is 15.9. The van der Waals surface area contributed by atoms with Crippen LogP contribution < -0.4 is 10.1 Å². The number of nitrogens with one attached hydrogen (secondary N) is 1. The van der Waals surface area contributed by atoms with Crippen molar-refractivity contribution in [2.24, 2.45) is 0 Å². The predicted octanol–water partition coefficient (Wildman–Crippen LogP) is 3.10. The van der Waals surface area contributed by atoms with Gasteiger partial charge in [-0.1, -0.05) is 6.07 Å². The van der Waals surface area contributed by atoms with E-state index in [0.717, 1.165) is 32.3 Å². The van der Waals surface area contributed by atoms with Crippen molar-refractivity contribution in [1.29, 1.82) is 0 Å². The lowest BCUT2D eigenvalue weighted by molar-refractivity contribution is -0.154. The predicted molar refractivity (Wildman–Crippen MR) is 80.9 cm³/mol. The summed E-state index contributed by atoms with van der Waals surface area (Å²) in [5.41, 5.74) is 0.0265. The first-order valence-corrected chi connectivity index (χ1v) is 7.92. The van der Waals surface area contributed by atoms with Gasteiger partial charge in [-0.05, 0) is 38.7 Å². The molecule has 0 aromatic carbocycles. The van der Waals surface area contributed by atoms with Crippen molar-refractivity contribution in [3.63, 3.8) is 0 Å². The molecule has 0 saturated carbocycles. The van der Waals surface area contributed by atoms with E-state index >= 15 is 0 Å². The third-order valence-electron chi connectivity index (χ3n) is 3.66. The summed E-state index contributed by atoms with van der Waals surface area (Å²) in [6.07, 6.45) is -0.455. The number of halogens is 3. The molecule has 0 spiro atoms. The number of nitrogens with zero attached hydrogens (tertiary/aromatic N) is 1. The zero-order valence-corrected chi connectivity index (χ0v) is 13.4. The molecule has 8 heteroatoms. The molecule has 1 amide bonds. The fourth-order valence-corrected chi connectivity index (χ4v) is 2.46. The van der Waals surface area contributed by atoms with E-state index in [1.165, 1.54) is 18.2 Å². The van der Waals surface area contributed by atoms with E-state index in [-0.39, 0.29) is 23.7 Å². The first kappa shape index (κ1) is 18.5. The first-order chi connectivity index (χ1) is 11.3. The number of rotatable bonds is 7. The Hall–Kier alpha value is -1.83. The largest absolute Gasteiger partial charge is 0.468 e. The summed E-state index contributed by atoms with van der Waals surface area (Å²) in [5, 5.41) is 2.78. The standard InChI is InChI=1S/C16H21F3N2O3/c1-11(7-8-12-4-3-9-23-12)20-15(22)13-5-2-6-14(21-13)24-10-16(17,18)19/h2,5-6,11-12H,3-4,7-10H2,1H3,(H,20,22). The molecular formula is C16H21F3N2O3. The lowest BCUT2D eigenvalue weighted by atomic mass is 10.1. The highest BCUT2D eigenvalue weighted by Gasteiger charge is 2.28. The van der Waals surface area contributed by atoms with Gasteiger partial charge in [0.1, 0.15) is 5.69 Å². The van der Waals surface area contributed by atoms with E-state index in [9.17, 15) is 18.0 Å². The normalized spacial score (nSPS) is 19.1. The minimum Gasteiger partial charge on any atom is -0.468 e. The minimum absolute atomic E-state index is 0.0265. The van der Waals surface area contributed by atoms with Crippen LogP contribution in [-0.4, -0.2) is 42.4 Å². The Balaban J connectivity index is 1.82. The van der Waals surface area contributed by atoms with E-state index in [2.05, 4.69) is 15.0 Å². The molecule has 2 atom stereocenters. The highest BCUT2D eigenvalue weighted by Crippen LogP contribution is 2.18. The number of aromatic nitrogens is 1. The van der Waals surface area contributed by atoms with Gasteiger partial charge in [0.15, 0.2) is 6.61 Å². The lowest BCUT2D eigenvalue weighted by Crippen LogP contribution is -2.33. The molecule has 1 saturated heterocycles. The summed E-state index contributed by atoms with van der Waals surface area (Å²) >= 11 is 0. The third-order valence-corrected chi connectivity index (χ3v) is 3.66. The van der Waals surface area contributed by atoms with Gasteiger partial charge in [-0.25, -0.2) is 4.98 Å². The molecule has 0 radical (unpaired) electrons. The van der Waals surface area contributed by atoms with Crippen molar-refractivity contribution < 1.29 is 27.4 Å². The van der Waals surface area contributed by atoms with Crippen molar-refractivity contribution in [1.82, 2.24) is 10.3 Å². The van der Waals surface area contributed by atoms with E-state index < -0.39 is 18.7 Å². The summed E-state index contributed by atoms with van der Waals surface area (Å²) in [6, 6.07) is 4.07. The van der Waals surface area contributed by atoms with Crippen molar-refractivity contribution >= 4 is 5.91 Å². The summed E-state index contributed by atoms with van der Waals surface area (Å²) in [6.45, 7) is 1.22. The molecular weight excluding hydrogens is 325 g/mol. The van der Waals surface area contributed by atoms with Gasteiger partial charge < -0.3 is 14.8 Å². The van der Waals surface area contributed by atoms with Gasteiger partial charge in [0, 0.05) is 18.7 Å². The third kappa shape index (κ3) is 6.35. The van der Waals surface area contributed by atoms with E-state index in [0.29, 0.717) is 0 Å². The Morgan fingerprint density at radius 3 is 2.96 bits per heavy atom. The molecule has 1 N–H and O–H groups in total. The molecule has 134 valence electrons. The molecule has 1 aromatic rings. The van der Waals surface area contributed by atoms with Crippen LogP contribution in [0.5, 0.6) is 5.88 Å². The van der Waals surface area contributed by atoms with Gasteiger partial charge in [0.25, 0.3) is 5.91 Å². The highest BCUT2D eigenvalue weighted by molar-refractivity contribution is 5.92. The summed E-state index contributed by atoms with van der Waals surface area (Å²) < 4.78 is 46.5.